The van der Waals surface area contributed by atoms with Gasteiger partial charge in [-0.3, -0.25) is 4.90 Å². The van der Waals surface area contributed by atoms with Gasteiger partial charge in [-0.05, 0) is 25.5 Å². The van der Waals surface area contributed by atoms with E-state index in [1.165, 1.54) is 37.4 Å². The van der Waals surface area contributed by atoms with E-state index in [1.807, 2.05) is 0 Å². The highest BCUT2D eigenvalue weighted by Gasteiger charge is 2.31. The van der Waals surface area contributed by atoms with E-state index in [1.54, 1.807) is 0 Å². The Kier molecular flexibility index (Phi) is 3.74. The van der Waals surface area contributed by atoms with Crippen LogP contribution in [0.25, 0.3) is 0 Å². The van der Waals surface area contributed by atoms with Gasteiger partial charge in [0.2, 0.25) is 0 Å². The fraction of sp³-hybridized carbons (Fsp3) is 1.00. The minimum Gasteiger partial charge on any atom is -0.311 e. The average molecular weight is 214 g/mol. The number of nitrogens with zero attached hydrogens (tertiary/aromatic N) is 1. The van der Waals surface area contributed by atoms with E-state index in [9.17, 15) is 0 Å². The van der Waals surface area contributed by atoms with Crippen LogP contribution in [0.2, 0.25) is 0 Å². The standard InChI is InChI=1S/C11H22N2S/c1-3-10-6-12-9(2)7-13(10)11-4-5-14-8-11/h9-12H,3-8H2,1-2H3. The number of rotatable bonds is 2. The first-order valence-electron chi connectivity index (χ1n) is 5.88. The minimum atomic E-state index is 0.684. The molecule has 0 aromatic heterocycles. The second kappa shape index (κ2) is 4.86. The molecule has 0 aliphatic carbocycles. The highest BCUT2D eigenvalue weighted by molar-refractivity contribution is 7.99. The SMILES string of the molecule is CCC1CNC(C)CN1C1CCSC1. The Morgan fingerprint density at radius 1 is 1.50 bits per heavy atom. The summed E-state index contributed by atoms with van der Waals surface area (Å²) in [6.45, 7) is 7.07. The van der Waals surface area contributed by atoms with E-state index in [0.29, 0.717) is 6.04 Å². The molecule has 2 saturated heterocycles. The smallest absolute Gasteiger partial charge is 0.0222 e. The maximum atomic E-state index is 3.59. The number of hydrogen-bond donors (Lipinski definition) is 1. The van der Waals surface area contributed by atoms with Gasteiger partial charge in [-0.25, -0.2) is 0 Å². The van der Waals surface area contributed by atoms with Crippen molar-refractivity contribution in [3.8, 4) is 0 Å². The van der Waals surface area contributed by atoms with Crippen molar-refractivity contribution in [2.24, 2.45) is 0 Å². The van der Waals surface area contributed by atoms with Crippen molar-refractivity contribution in [1.29, 1.82) is 0 Å². The fourth-order valence-corrected chi connectivity index (χ4v) is 3.83. The molecule has 2 fully saturated rings. The van der Waals surface area contributed by atoms with Gasteiger partial charge >= 0.3 is 0 Å². The van der Waals surface area contributed by atoms with Crippen LogP contribution in [-0.2, 0) is 0 Å². The van der Waals surface area contributed by atoms with Gasteiger partial charge in [0, 0.05) is 37.0 Å². The highest BCUT2D eigenvalue weighted by atomic mass is 32.2. The molecule has 2 nitrogen and oxygen atoms in total. The van der Waals surface area contributed by atoms with Gasteiger partial charge in [-0.1, -0.05) is 6.92 Å². The Morgan fingerprint density at radius 2 is 2.36 bits per heavy atom. The van der Waals surface area contributed by atoms with Crippen molar-refractivity contribution in [3.05, 3.63) is 0 Å². The van der Waals surface area contributed by atoms with Crippen molar-refractivity contribution < 1.29 is 0 Å². The zero-order valence-corrected chi connectivity index (χ0v) is 10.1. The van der Waals surface area contributed by atoms with Gasteiger partial charge in [0.1, 0.15) is 0 Å². The van der Waals surface area contributed by atoms with Gasteiger partial charge in [0.15, 0.2) is 0 Å². The Morgan fingerprint density at radius 3 is 3.00 bits per heavy atom. The second-order valence-electron chi connectivity index (χ2n) is 4.59. The van der Waals surface area contributed by atoms with Gasteiger partial charge in [0.05, 0.1) is 0 Å². The maximum absolute atomic E-state index is 3.59. The van der Waals surface area contributed by atoms with E-state index in [-0.39, 0.29) is 0 Å². The topological polar surface area (TPSA) is 15.3 Å². The normalized spacial score (nSPS) is 40.3. The Labute approximate surface area is 91.8 Å². The van der Waals surface area contributed by atoms with Crippen LogP contribution in [-0.4, -0.2) is 47.6 Å². The summed E-state index contributed by atoms with van der Waals surface area (Å²) in [6, 6.07) is 2.34. The van der Waals surface area contributed by atoms with Gasteiger partial charge in [-0.2, -0.15) is 11.8 Å². The van der Waals surface area contributed by atoms with Gasteiger partial charge in [-0.15, -0.1) is 0 Å². The van der Waals surface area contributed by atoms with Crippen LogP contribution in [0.4, 0.5) is 0 Å². The van der Waals surface area contributed by atoms with E-state index in [0.717, 1.165) is 12.1 Å². The second-order valence-corrected chi connectivity index (χ2v) is 5.74. The molecule has 82 valence electrons. The molecule has 0 radical (unpaired) electrons. The molecule has 14 heavy (non-hydrogen) atoms. The molecule has 0 aromatic carbocycles. The summed E-state index contributed by atoms with van der Waals surface area (Å²) in [6.07, 6.45) is 2.70. The van der Waals surface area contributed by atoms with Crippen LogP contribution in [0, 0.1) is 0 Å². The lowest BCUT2D eigenvalue weighted by Crippen LogP contribution is -2.58. The third kappa shape index (κ3) is 2.26. The first kappa shape index (κ1) is 10.8. The van der Waals surface area contributed by atoms with E-state index in [2.05, 4.69) is 35.8 Å². The summed E-state index contributed by atoms with van der Waals surface area (Å²) in [4.78, 5) is 2.77. The molecular weight excluding hydrogens is 192 g/mol. The molecule has 3 unspecified atom stereocenters. The van der Waals surface area contributed by atoms with Crippen LogP contribution in [0.1, 0.15) is 26.7 Å². The molecule has 3 heteroatoms. The zero-order chi connectivity index (χ0) is 9.97. The molecule has 2 heterocycles. The van der Waals surface area contributed by atoms with Crippen molar-refractivity contribution in [3.63, 3.8) is 0 Å². The van der Waals surface area contributed by atoms with Crippen LogP contribution in [0.3, 0.4) is 0 Å². The third-order valence-corrected chi connectivity index (χ3v) is 4.65. The number of piperazine rings is 1. The summed E-state index contributed by atoms with van der Waals surface area (Å²) in [5.74, 6) is 2.74. The first-order chi connectivity index (χ1) is 6.81. The monoisotopic (exact) mass is 214 g/mol. The molecule has 0 amide bonds. The van der Waals surface area contributed by atoms with Crippen molar-refractivity contribution in [1.82, 2.24) is 10.2 Å². The largest absolute Gasteiger partial charge is 0.311 e. The number of hydrogen-bond acceptors (Lipinski definition) is 3. The van der Waals surface area contributed by atoms with Crippen molar-refractivity contribution >= 4 is 11.8 Å². The molecule has 1 N–H and O–H groups in total. The van der Waals surface area contributed by atoms with Crippen molar-refractivity contribution in [2.75, 3.05) is 24.6 Å². The predicted octanol–water partition coefficient (Wildman–Crippen LogP) is 1.56. The first-order valence-corrected chi connectivity index (χ1v) is 7.03. The lowest BCUT2D eigenvalue weighted by molar-refractivity contribution is 0.0937. The molecule has 2 rings (SSSR count). The van der Waals surface area contributed by atoms with E-state index in [4.69, 9.17) is 0 Å². The van der Waals surface area contributed by atoms with Crippen LogP contribution in [0.15, 0.2) is 0 Å². The minimum absolute atomic E-state index is 0.684. The van der Waals surface area contributed by atoms with Crippen molar-refractivity contribution in [2.45, 2.75) is 44.8 Å². The average Bonchev–Trinajstić information content (AvgIpc) is 2.70. The fourth-order valence-electron chi connectivity index (χ4n) is 2.59. The van der Waals surface area contributed by atoms with E-state index < -0.39 is 0 Å². The van der Waals surface area contributed by atoms with Gasteiger partial charge in [0.25, 0.3) is 0 Å². The Hall–Kier alpha value is 0.270. The molecule has 0 aromatic rings. The highest BCUT2D eigenvalue weighted by Crippen LogP contribution is 2.26. The molecule has 0 bridgehead atoms. The summed E-state index contributed by atoms with van der Waals surface area (Å²) in [5, 5.41) is 3.59. The molecular formula is C11H22N2S. The van der Waals surface area contributed by atoms with Crippen LogP contribution >= 0.6 is 11.8 Å². The summed E-state index contributed by atoms with van der Waals surface area (Å²) in [5.41, 5.74) is 0. The Bertz CT molecular complexity index is 178. The number of nitrogens with one attached hydrogen (secondary N) is 1. The lowest BCUT2D eigenvalue weighted by Gasteiger charge is -2.42. The quantitative estimate of drug-likeness (QED) is 0.751. The predicted molar refractivity (Wildman–Crippen MR) is 64.0 cm³/mol. The summed E-state index contributed by atoms with van der Waals surface area (Å²) in [7, 11) is 0. The molecule has 2 aliphatic rings. The van der Waals surface area contributed by atoms with Crippen LogP contribution < -0.4 is 5.32 Å². The van der Waals surface area contributed by atoms with Crippen LogP contribution in [0.5, 0.6) is 0 Å². The number of thioether (sulfide) groups is 1. The Balaban J connectivity index is 1.96. The molecule has 0 spiro atoms. The maximum Gasteiger partial charge on any atom is 0.0222 e. The zero-order valence-electron chi connectivity index (χ0n) is 9.33. The molecule has 3 atom stereocenters. The third-order valence-electron chi connectivity index (χ3n) is 3.50. The summed E-state index contributed by atoms with van der Waals surface area (Å²) < 4.78 is 0. The lowest BCUT2D eigenvalue weighted by atomic mass is 10.0. The molecule has 2 aliphatic heterocycles. The van der Waals surface area contributed by atoms with Gasteiger partial charge < -0.3 is 5.32 Å². The summed E-state index contributed by atoms with van der Waals surface area (Å²) >= 11 is 2.13. The molecule has 0 saturated carbocycles. The van der Waals surface area contributed by atoms with E-state index >= 15 is 0 Å².